The largest absolute Gasteiger partial charge is 0.458 e. The lowest BCUT2D eigenvalue weighted by molar-refractivity contribution is -0.248. The van der Waals surface area contributed by atoms with Crippen LogP contribution in [0.25, 0.3) is 0 Å². The highest BCUT2D eigenvalue weighted by Gasteiger charge is 2.39. The third-order valence-corrected chi connectivity index (χ3v) is 3.01. The minimum Gasteiger partial charge on any atom is -0.458 e. The van der Waals surface area contributed by atoms with Crippen LogP contribution in [0.5, 0.6) is 0 Å². The van der Waals surface area contributed by atoms with Crippen LogP contribution in [0.2, 0.25) is 0 Å². The summed E-state index contributed by atoms with van der Waals surface area (Å²) < 4.78 is 21.3. The van der Waals surface area contributed by atoms with E-state index in [0.717, 1.165) is 6.42 Å². The van der Waals surface area contributed by atoms with Crippen molar-refractivity contribution in [3.63, 3.8) is 0 Å². The van der Waals surface area contributed by atoms with Crippen LogP contribution in [0.4, 0.5) is 0 Å². The van der Waals surface area contributed by atoms with E-state index in [1.807, 2.05) is 13.8 Å². The number of rotatable bonds is 7. The second-order valence-electron chi connectivity index (χ2n) is 4.75. The lowest BCUT2D eigenvalue weighted by atomic mass is 10.1. The van der Waals surface area contributed by atoms with Crippen molar-refractivity contribution in [3.8, 4) is 0 Å². The molecule has 0 amide bonds. The number of ether oxygens (including phenoxy) is 4. The summed E-state index contributed by atoms with van der Waals surface area (Å²) in [6.45, 7) is 4.21. The van der Waals surface area contributed by atoms with Gasteiger partial charge in [0, 0.05) is 26.4 Å². The highest BCUT2D eigenvalue weighted by atomic mass is 16.7. The van der Waals surface area contributed by atoms with E-state index in [1.165, 1.54) is 7.11 Å². The summed E-state index contributed by atoms with van der Waals surface area (Å²) in [6, 6.07) is 0. The fraction of sp³-hybridized carbons (Fsp3) is 0.857. The molecule has 1 fully saturated rings. The van der Waals surface area contributed by atoms with E-state index < -0.39 is 18.5 Å². The van der Waals surface area contributed by atoms with Crippen molar-refractivity contribution in [1.29, 1.82) is 0 Å². The van der Waals surface area contributed by atoms with Gasteiger partial charge in [0.1, 0.15) is 6.10 Å². The van der Waals surface area contributed by atoms with Crippen LogP contribution in [0.15, 0.2) is 0 Å². The number of methoxy groups -OCH3 is 1. The molecule has 0 spiro atoms. The van der Waals surface area contributed by atoms with Gasteiger partial charge in [0.15, 0.2) is 12.4 Å². The van der Waals surface area contributed by atoms with E-state index >= 15 is 0 Å². The second kappa shape index (κ2) is 8.92. The molecule has 1 rings (SSSR count). The molecule has 0 aromatic rings. The molecule has 6 heteroatoms. The minimum atomic E-state index is -0.700. The molecule has 6 nitrogen and oxygen atoms in total. The highest BCUT2D eigenvalue weighted by Crippen LogP contribution is 2.22. The second-order valence-corrected chi connectivity index (χ2v) is 4.75. The van der Waals surface area contributed by atoms with Gasteiger partial charge in [-0.05, 0) is 12.8 Å². The third kappa shape index (κ3) is 5.09. The van der Waals surface area contributed by atoms with Gasteiger partial charge in [0.25, 0.3) is 0 Å². The molecule has 0 aliphatic carbocycles. The van der Waals surface area contributed by atoms with Gasteiger partial charge in [0.2, 0.25) is 0 Å². The topological polar surface area (TPSA) is 71.1 Å². The first-order valence-electron chi connectivity index (χ1n) is 7.15. The van der Waals surface area contributed by atoms with E-state index in [2.05, 4.69) is 0 Å². The Morgan fingerprint density at radius 2 is 1.70 bits per heavy atom. The monoisotopic (exact) mass is 288 g/mol. The van der Waals surface area contributed by atoms with Gasteiger partial charge in [-0.2, -0.15) is 0 Å². The summed E-state index contributed by atoms with van der Waals surface area (Å²) in [5.41, 5.74) is 0. The minimum absolute atomic E-state index is 0.286. The maximum Gasteiger partial charge on any atom is 0.306 e. The van der Waals surface area contributed by atoms with Crippen molar-refractivity contribution < 1.29 is 28.5 Å². The fourth-order valence-electron chi connectivity index (χ4n) is 2.04. The summed E-state index contributed by atoms with van der Waals surface area (Å²) in [5.74, 6) is -0.618. The van der Waals surface area contributed by atoms with Crippen LogP contribution in [-0.4, -0.2) is 44.2 Å². The van der Waals surface area contributed by atoms with E-state index in [4.69, 9.17) is 18.9 Å². The number of carbonyl (C=O) groups excluding carboxylic acids is 2. The Bertz CT molecular complexity index is 317. The molecule has 0 saturated carbocycles. The van der Waals surface area contributed by atoms with E-state index in [1.54, 1.807) is 0 Å². The Morgan fingerprint density at radius 3 is 2.25 bits per heavy atom. The molecule has 0 aromatic carbocycles. The molecule has 3 atom stereocenters. The first-order valence-corrected chi connectivity index (χ1v) is 7.15. The van der Waals surface area contributed by atoms with Crippen LogP contribution in [0, 0.1) is 0 Å². The van der Waals surface area contributed by atoms with Crippen LogP contribution in [0.3, 0.4) is 0 Å². The van der Waals surface area contributed by atoms with Crippen molar-refractivity contribution >= 4 is 11.9 Å². The van der Waals surface area contributed by atoms with Crippen LogP contribution < -0.4 is 0 Å². The molecular formula is C14H24O6. The van der Waals surface area contributed by atoms with Crippen molar-refractivity contribution in [2.45, 2.75) is 64.4 Å². The average Bonchev–Trinajstić information content (AvgIpc) is 2.41. The predicted octanol–water partition coefficient (Wildman–Crippen LogP) is 1.80. The first kappa shape index (κ1) is 16.9. The Labute approximate surface area is 119 Å². The van der Waals surface area contributed by atoms with Gasteiger partial charge in [-0.15, -0.1) is 0 Å². The third-order valence-electron chi connectivity index (χ3n) is 3.01. The van der Waals surface area contributed by atoms with Crippen LogP contribution >= 0.6 is 0 Å². The lowest BCUT2D eigenvalue weighted by Crippen LogP contribution is -2.49. The molecule has 0 N–H and O–H groups in total. The fourth-order valence-corrected chi connectivity index (χ4v) is 2.04. The van der Waals surface area contributed by atoms with Gasteiger partial charge in [-0.3, -0.25) is 9.59 Å². The number of hydrogen-bond donors (Lipinski definition) is 0. The normalized spacial score (nSPS) is 26.1. The van der Waals surface area contributed by atoms with Crippen molar-refractivity contribution in [3.05, 3.63) is 0 Å². The lowest BCUT2D eigenvalue weighted by Gasteiger charge is -2.35. The van der Waals surface area contributed by atoms with E-state index in [-0.39, 0.29) is 11.9 Å². The molecule has 1 aliphatic rings. The van der Waals surface area contributed by atoms with Crippen molar-refractivity contribution in [2.75, 3.05) is 13.7 Å². The van der Waals surface area contributed by atoms with Crippen LogP contribution in [-0.2, 0) is 28.5 Å². The molecule has 1 saturated heterocycles. The van der Waals surface area contributed by atoms with E-state index in [0.29, 0.717) is 32.3 Å². The Balaban J connectivity index is 2.66. The van der Waals surface area contributed by atoms with Gasteiger partial charge < -0.3 is 18.9 Å². The summed E-state index contributed by atoms with van der Waals surface area (Å²) in [6.07, 6.45) is 0.693. The summed E-state index contributed by atoms with van der Waals surface area (Å²) in [5, 5.41) is 0. The molecular weight excluding hydrogens is 264 g/mol. The molecule has 20 heavy (non-hydrogen) atoms. The highest BCUT2D eigenvalue weighted by molar-refractivity contribution is 5.70. The molecule has 0 radical (unpaired) electrons. The summed E-state index contributed by atoms with van der Waals surface area (Å²) in [7, 11) is 1.47. The number of esters is 2. The predicted molar refractivity (Wildman–Crippen MR) is 70.9 cm³/mol. The Hall–Kier alpha value is -1.14. The zero-order chi connectivity index (χ0) is 15.0. The molecule has 116 valence electrons. The van der Waals surface area contributed by atoms with E-state index in [9.17, 15) is 9.59 Å². The maximum absolute atomic E-state index is 11.7. The van der Waals surface area contributed by atoms with Gasteiger partial charge in [-0.25, -0.2) is 0 Å². The first-order chi connectivity index (χ1) is 9.62. The summed E-state index contributed by atoms with van der Waals surface area (Å²) >= 11 is 0. The molecule has 0 unspecified atom stereocenters. The molecule has 0 aromatic heterocycles. The number of hydrogen-bond acceptors (Lipinski definition) is 6. The molecule has 0 bridgehead atoms. The van der Waals surface area contributed by atoms with Gasteiger partial charge in [0.05, 0.1) is 6.61 Å². The SMILES string of the molecule is CCCC(=O)O[C@@H]1[C@H](OC)OCC[C@H]1OC(=O)CCC. The van der Waals surface area contributed by atoms with Gasteiger partial charge >= 0.3 is 11.9 Å². The van der Waals surface area contributed by atoms with Crippen molar-refractivity contribution in [1.82, 2.24) is 0 Å². The average molecular weight is 288 g/mol. The molecule has 1 aliphatic heterocycles. The zero-order valence-electron chi connectivity index (χ0n) is 12.4. The Morgan fingerprint density at radius 1 is 1.10 bits per heavy atom. The standard InChI is InChI=1S/C14H24O6/c1-4-6-11(15)19-10-8-9-18-14(17-3)13(10)20-12(16)7-5-2/h10,13-14H,4-9H2,1-3H3/t10-,13+,14-/m1/s1. The smallest absolute Gasteiger partial charge is 0.306 e. The van der Waals surface area contributed by atoms with Gasteiger partial charge in [-0.1, -0.05) is 13.8 Å². The molecule has 1 heterocycles. The number of carbonyl (C=O) groups is 2. The van der Waals surface area contributed by atoms with Crippen molar-refractivity contribution in [2.24, 2.45) is 0 Å². The maximum atomic E-state index is 11.7. The summed E-state index contributed by atoms with van der Waals surface area (Å²) in [4.78, 5) is 23.3. The zero-order valence-corrected chi connectivity index (χ0v) is 12.4. The van der Waals surface area contributed by atoms with Crippen LogP contribution in [0.1, 0.15) is 46.0 Å². The Kier molecular flexibility index (Phi) is 7.54. The quantitative estimate of drug-likeness (QED) is 0.665.